The molecule has 0 saturated carbocycles. The van der Waals surface area contributed by atoms with Crippen molar-refractivity contribution >= 4 is 11.6 Å². The molecule has 1 amide bonds. The van der Waals surface area contributed by atoms with E-state index in [1.54, 1.807) is 12.4 Å². The number of nitrogens with zero attached hydrogens (tertiary/aromatic N) is 1. The molecule has 0 aliphatic carbocycles. The van der Waals surface area contributed by atoms with E-state index in [4.69, 9.17) is 0 Å². The van der Waals surface area contributed by atoms with E-state index < -0.39 is 0 Å². The highest BCUT2D eigenvalue weighted by atomic mass is 16.1. The first-order valence-corrected chi connectivity index (χ1v) is 7.26. The third-order valence-corrected chi connectivity index (χ3v) is 3.33. The molecule has 0 radical (unpaired) electrons. The monoisotopic (exact) mass is 286 g/mol. The van der Waals surface area contributed by atoms with Crippen LogP contribution < -0.4 is 10.6 Å². The fourth-order valence-electron chi connectivity index (χ4n) is 2.13. The number of hydrogen-bond acceptors (Lipinski definition) is 3. The Morgan fingerprint density at radius 1 is 1.43 bits per heavy atom. The van der Waals surface area contributed by atoms with Gasteiger partial charge in [-0.2, -0.15) is 0 Å². The lowest BCUT2D eigenvalue weighted by Crippen LogP contribution is -2.27. The zero-order valence-corrected chi connectivity index (χ0v) is 12.7. The molecule has 1 aromatic heterocycles. The van der Waals surface area contributed by atoms with Crippen LogP contribution in [-0.2, 0) is 0 Å². The van der Waals surface area contributed by atoms with E-state index in [2.05, 4.69) is 27.5 Å². The van der Waals surface area contributed by atoms with Crippen molar-refractivity contribution in [2.45, 2.75) is 33.2 Å². The third-order valence-electron chi connectivity index (χ3n) is 3.33. The fraction of sp³-hybridized carbons (Fsp3) is 0.375. The first-order chi connectivity index (χ1) is 10.1. The molecule has 0 aliphatic heterocycles. The lowest BCUT2D eigenvalue weighted by atomic mass is 10.1. The van der Waals surface area contributed by atoms with Crippen LogP contribution in [-0.4, -0.2) is 22.4 Å². The Bertz CT molecular complexity index is 592. The minimum Gasteiger partial charge on any atom is -0.385 e. The lowest BCUT2D eigenvalue weighted by molar-refractivity contribution is 0.0938. The molecule has 0 saturated heterocycles. The molecule has 2 rings (SSSR count). The molecule has 0 aliphatic rings. The molecular formula is C16H22N4O. The Balaban J connectivity index is 2.04. The third kappa shape index (κ3) is 3.84. The van der Waals surface area contributed by atoms with Crippen LogP contribution in [0.3, 0.4) is 0 Å². The highest BCUT2D eigenvalue weighted by Gasteiger charge is 2.13. The largest absolute Gasteiger partial charge is 0.385 e. The van der Waals surface area contributed by atoms with Gasteiger partial charge in [0.25, 0.3) is 5.91 Å². The molecule has 2 aromatic rings. The first kappa shape index (κ1) is 15.1. The van der Waals surface area contributed by atoms with E-state index in [0.29, 0.717) is 5.56 Å². The summed E-state index contributed by atoms with van der Waals surface area (Å²) in [7, 11) is 0. The second-order valence-electron chi connectivity index (χ2n) is 5.13. The van der Waals surface area contributed by atoms with Crippen LogP contribution in [0.2, 0.25) is 0 Å². The number of amides is 1. The van der Waals surface area contributed by atoms with Crippen LogP contribution in [0.25, 0.3) is 0 Å². The zero-order chi connectivity index (χ0) is 15.2. The van der Waals surface area contributed by atoms with Gasteiger partial charge >= 0.3 is 0 Å². The van der Waals surface area contributed by atoms with Gasteiger partial charge in [0.2, 0.25) is 0 Å². The molecule has 112 valence electrons. The average molecular weight is 286 g/mol. The Morgan fingerprint density at radius 2 is 2.24 bits per heavy atom. The summed E-state index contributed by atoms with van der Waals surface area (Å²) in [4.78, 5) is 19.4. The molecule has 0 spiro atoms. The summed E-state index contributed by atoms with van der Waals surface area (Å²) in [6.45, 7) is 6.97. The number of rotatable bonds is 6. The summed E-state index contributed by atoms with van der Waals surface area (Å²) >= 11 is 0. The maximum atomic E-state index is 12.3. The van der Waals surface area contributed by atoms with Gasteiger partial charge in [0.05, 0.1) is 6.04 Å². The molecule has 0 bridgehead atoms. The summed E-state index contributed by atoms with van der Waals surface area (Å²) < 4.78 is 0. The summed E-state index contributed by atoms with van der Waals surface area (Å²) in [5, 5.41) is 6.28. The van der Waals surface area contributed by atoms with Crippen molar-refractivity contribution in [2.24, 2.45) is 0 Å². The smallest absolute Gasteiger partial charge is 0.251 e. The van der Waals surface area contributed by atoms with Gasteiger partial charge in [-0.05, 0) is 44.0 Å². The number of carbonyl (C=O) groups excluding carboxylic acids is 1. The van der Waals surface area contributed by atoms with Crippen LogP contribution in [0.5, 0.6) is 0 Å². The van der Waals surface area contributed by atoms with E-state index in [1.807, 2.05) is 32.0 Å². The number of aromatic amines is 1. The number of imidazole rings is 1. The summed E-state index contributed by atoms with van der Waals surface area (Å²) in [6.07, 6.45) is 4.50. The number of anilines is 1. The second kappa shape index (κ2) is 6.92. The Morgan fingerprint density at radius 3 is 2.86 bits per heavy atom. The standard InChI is InChI=1S/C16H22N4O/c1-4-7-17-14-6-5-13(10-11(14)2)16(21)20-12(3)15-18-8-9-19-15/h5-6,8-10,12,17H,4,7H2,1-3H3,(H,18,19)(H,20,21). The van der Waals surface area contributed by atoms with E-state index in [0.717, 1.165) is 30.0 Å². The van der Waals surface area contributed by atoms with Crippen molar-refractivity contribution in [3.8, 4) is 0 Å². The number of nitrogens with one attached hydrogen (secondary N) is 3. The molecule has 1 heterocycles. The van der Waals surface area contributed by atoms with Gasteiger partial charge in [-0.1, -0.05) is 6.92 Å². The maximum absolute atomic E-state index is 12.3. The molecule has 21 heavy (non-hydrogen) atoms. The average Bonchev–Trinajstić information content (AvgIpc) is 3.00. The molecule has 1 atom stereocenters. The van der Waals surface area contributed by atoms with Crippen LogP contribution in [0, 0.1) is 6.92 Å². The lowest BCUT2D eigenvalue weighted by Gasteiger charge is -2.13. The predicted molar refractivity (Wildman–Crippen MR) is 84.4 cm³/mol. The highest BCUT2D eigenvalue weighted by molar-refractivity contribution is 5.95. The van der Waals surface area contributed by atoms with E-state index >= 15 is 0 Å². The highest BCUT2D eigenvalue weighted by Crippen LogP contribution is 2.17. The van der Waals surface area contributed by atoms with Crippen molar-refractivity contribution in [3.63, 3.8) is 0 Å². The molecule has 5 heteroatoms. The van der Waals surface area contributed by atoms with Crippen molar-refractivity contribution in [1.82, 2.24) is 15.3 Å². The molecular weight excluding hydrogens is 264 g/mol. The number of benzene rings is 1. The normalized spacial score (nSPS) is 12.0. The summed E-state index contributed by atoms with van der Waals surface area (Å²) in [6, 6.07) is 5.56. The topological polar surface area (TPSA) is 69.8 Å². The predicted octanol–water partition coefficient (Wildman–Crippen LogP) is 3.03. The number of carbonyl (C=O) groups is 1. The van der Waals surface area contributed by atoms with Gasteiger partial charge in [0, 0.05) is 30.2 Å². The summed E-state index contributed by atoms with van der Waals surface area (Å²) in [5.41, 5.74) is 2.81. The van der Waals surface area contributed by atoms with Gasteiger partial charge in [0.1, 0.15) is 5.82 Å². The number of hydrogen-bond donors (Lipinski definition) is 3. The van der Waals surface area contributed by atoms with Crippen molar-refractivity contribution in [3.05, 3.63) is 47.5 Å². The molecule has 3 N–H and O–H groups in total. The summed E-state index contributed by atoms with van der Waals surface area (Å²) in [5.74, 6) is 0.658. The van der Waals surface area contributed by atoms with Gasteiger partial charge in [-0.25, -0.2) is 4.98 Å². The quantitative estimate of drug-likeness (QED) is 0.764. The molecule has 1 aromatic carbocycles. The molecule has 5 nitrogen and oxygen atoms in total. The van der Waals surface area contributed by atoms with Crippen LogP contribution in [0.1, 0.15) is 48.1 Å². The SMILES string of the molecule is CCCNc1ccc(C(=O)NC(C)c2ncc[nH]2)cc1C. The van der Waals surface area contributed by atoms with Gasteiger partial charge in [0.15, 0.2) is 0 Å². The van der Waals surface area contributed by atoms with Crippen molar-refractivity contribution < 1.29 is 4.79 Å². The Kier molecular flexibility index (Phi) is 4.98. The van der Waals surface area contributed by atoms with Crippen molar-refractivity contribution in [1.29, 1.82) is 0 Å². The van der Waals surface area contributed by atoms with Crippen LogP contribution >= 0.6 is 0 Å². The van der Waals surface area contributed by atoms with E-state index in [9.17, 15) is 4.79 Å². The molecule has 1 unspecified atom stereocenters. The number of aryl methyl sites for hydroxylation is 1. The number of H-pyrrole nitrogens is 1. The number of aromatic nitrogens is 2. The van der Waals surface area contributed by atoms with Crippen LogP contribution in [0.4, 0.5) is 5.69 Å². The van der Waals surface area contributed by atoms with Gasteiger partial charge in [-0.15, -0.1) is 0 Å². The fourth-order valence-corrected chi connectivity index (χ4v) is 2.13. The van der Waals surface area contributed by atoms with E-state index in [1.165, 1.54) is 0 Å². The zero-order valence-electron chi connectivity index (χ0n) is 12.7. The first-order valence-electron chi connectivity index (χ1n) is 7.26. The van der Waals surface area contributed by atoms with Gasteiger partial charge < -0.3 is 15.6 Å². The maximum Gasteiger partial charge on any atom is 0.251 e. The Labute approximate surface area is 125 Å². The molecule has 0 fully saturated rings. The van der Waals surface area contributed by atoms with E-state index in [-0.39, 0.29) is 11.9 Å². The minimum absolute atomic E-state index is 0.0935. The Hall–Kier alpha value is -2.30. The van der Waals surface area contributed by atoms with Gasteiger partial charge in [-0.3, -0.25) is 4.79 Å². The van der Waals surface area contributed by atoms with Crippen molar-refractivity contribution in [2.75, 3.05) is 11.9 Å². The minimum atomic E-state index is -0.148. The second-order valence-corrected chi connectivity index (χ2v) is 5.13. The van der Waals surface area contributed by atoms with Crippen LogP contribution in [0.15, 0.2) is 30.6 Å².